The quantitative estimate of drug-likeness (QED) is 0.295. The number of halogens is 2. The van der Waals surface area contributed by atoms with Crippen molar-refractivity contribution in [1.29, 1.82) is 0 Å². The zero-order chi connectivity index (χ0) is 26.4. The Bertz CT molecular complexity index is 1640. The normalized spacial score (nSPS) is 15.3. The lowest BCUT2D eigenvalue weighted by Crippen LogP contribution is -2.49. The van der Waals surface area contributed by atoms with Crippen molar-refractivity contribution >= 4 is 60.3 Å². The van der Waals surface area contributed by atoms with E-state index in [1.54, 1.807) is 30.0 Å². The number of piperazine rings is 1. The second kappa shape index (κ2) is 10.0. The molecule has 1 aliphatic rings. The first-order valence-electron chi connectivity index (χ1n) is 11.1. The van der Waals surface area contributed by atoms with Gasteiger partial charge in [0, 0.05) is 36.2 Å². The summed E-state index contributed by atoms with van der Waals surface area (Å²) in [6.45, 7) is 2.34. The van der Waals surface area contributed by atoms with Crippen molar-refractivity contribution in [2.24, 2.45) is 0 Å². The van der Waals surface area contributed by atoms with Gasteiger partial charge in [-0.15, -0.1) is 11.3 Å². The van der Waals surface area contributed by atoms with E-state index in [1.165, 1.54) is 46.0 Å². The Labute approximate surface area is 229 Å². The van der Waals surface area contributed by atoms with Crippen LogP contribution in [0, 0.1) is 6.92 Å². The smallest absolute Gasteiger partial charge is 0.243 e. The van der Waals surface area contributed by atoms with Crippen LogP contribution in [0.4, 0.5) is 5.88 Å². The average Bonchev–Trinajstić information content (AvgIpc) is 3.57. The van der Waals surface area contributed by atoms with Crippen molar-refractivity contribution in [3.8, 4) is 10.8 Å². The first kappa shape index (κ1) is 26.2. The molecule has 2 aromatic carbocycles. The summed E-state index contributed by atoms with van der Waals surface area (Å²) < 4.78 is 61.1. The molecule has 4 aromatic rings. The largest absolute Gasteiger partial charge is 0.418 e. The van der Waals surface area contributed by atoms with Crippen LogP contribution >= 0.6 is 34.5 Å². The zero-order valence-corrected chi connectivity index (χ0v) is 23.4. The van der Waals surface area contributed by atoms with Gasteiger partial charge >= 0.3 is 0 Å². The molecule has 0 aliphatic carbocycles. The Morgan fingerprint density at radius 2 is 1.62 bits per heavy atom. The summed E-state index contributed by atoms with van der Waals surface area (Å²) in [4.78, 5) is 6.94. The van der Waals surface area contributed by atoms with Gasteiger partial charge < -0.3 is 9.32 Å². The van der Waals surface area contributed by atoms with E-state index in [4.69, 9.17) is 27.6 Å². The third-order valence-corrected chi connectivity index (χ3v) is 11.3. The Kier molecular flexibility index (Phi) is 7.12. The van der Waals surface area contributed by atoms with Crippen molar-refractivity contribution in [3.05, 3.63) is 75.6 Å². The van der Waals surface area contributed by atoms with E-state index in [0.717, 1.165) is 0 Å². The molecular formula is C24H21Cl2N3O5S3. The van der Waals surface area contributed by atoms with Gasteiger partial charge in [0.25, 0.3) is 0 Å². The van der Waals surface area contributed by atoms with Gasteiger partial charge in [-0.3, -0.25) is 0 Å². The lowest BCUT2D eigenvalue weighted by molar-refractivity contribution is 0.373. The van der Waals surface area contributed by atoms with Crippen molar-refractivity contribution < 1.29 is 21.3 Å². The second-order valence-electron chi connectivity index (χ2n) is 8.32. The molecule has 0 bridgehead atoms. The molecule has 0 atom stereocenters. The molecule has 194 valence electrons. The number of thiophene rings is 1. The molecule has 1 saturated heterocycles. The topological polar surface area (TPSA) is 101 Å². The van der Waals surface area contributed by atoms with E-state index >= 15 is 0 Å². The molecule has 5 rings (SSSR count). The van der Waals surface area contributed by atoms with Crippen LogP contribution in [0.25, 0.3) is 10.8 Å². The third-order valence-electron chi connectivity index (χ3n) is 6.05. The summed E-state index contributed by atoms with van der Waals surface area (Å²) in [5, 5.41) is 2.40. The monoisotopic (exact) mass is 597 g/mol. The molecule has 2 aromatic heterocycles. The van der Waals surface area contributed by atoms with Crippen LogP contribution in [-0.2, 0) is 19.9 Å². The molecule has 0 radical (unpaired) electrons. The minimum absolute atomic E-state index is 0.0295. The fourth-order valence-electron chi connectivity index (χ4n) is 4.04. The van der Waals surface area contributed by atoms with Crippen molar-refractivity contribution in [3.63, 3.8) is 0 Å². The summed E-state index contributed by atoms with van der Waals surface area (Å²) in [6, 6.07) is 14.2. The van der Waals surface area contributed by atoms with Crippen molar-refractivity contribution in [2.75, 3.05) is 31.1 Å². The maximum Gasteiger partial charge on any atom is 0.243 e. The first-order valence-corrected chi connectivity index (χ1v) is 15.7. The zero-order valence-electron chi connectivity index (χ0n) is 19.5. The molecule has 37 heavy (non-hydrogen) atoms. The van der Waals surface area contributed by atoms with Gasteiger partial charge in [-0.05, 0) is 60.3 Å². The van der Waals surface area contributed by atoms with Gasteiger partial charge in [-0.25, -0.2) is 16.8 Å². The second-order valence-corrected chi connectivity index (χ2v) is 13.9. The van der Waals surface area contributed by atoms with Crippen molar-refractivity contribution in [2.45, 2.75) is 21.7 Å². The number of nitrogens with zero attached hydrogens (tertiary/aromatic N) is 3. The minimum Gasteiger partial charge on any atom is -0.418 e. The van der Waals surface area contributed by atoms with Gasteiger partial charge in [0.05, 0.1) is 14.7 Å². The molecule has 1 aliphatic heterocycles. The van der Waals surface area contributed by atoms with Crippen LogP contribution in [0.1, 0.15) is 5.56 Å². The molecule has 8 nitrogen and oxygen atoms in total. The van der Waals surface area contributed by atoms with E-state index in [-0.39, 0.29) is 52.8 Å². The summed E-state index contributed by atoms with van der Waals surface area (Å²) in [6.07, 6.45) is 0. The van der Waals surface area contributed by atoms with E-state index < -0.39 is 19.9 Å². The van der Waals surface area contributed by atoms with E-state index in [2.05, 4.69) is 4.98 Å². The van der Waals surface area contributed by atoms with Crippen molar-refractivity contribution in [1.82, 2.24) is 9.29 Å². The number of oxazole rings is 1. The number of aromatic nitrogens is 1. The molecule has 0 amide bonds. The third kappa shape index (κ3) is 4.91. The number of anilines is 1. The van der Waals surface area contributed by atoms with E-state index in [0.29, 0.717) is 20.5 Å². The fraction of sp³-hybridized carbons (Fsp3) is 0.208. The fourth-order valence-corrected chi connectivity index (χ4v) is 8.04. The van der Waals surface area contributed by atoms with Crippen LogP contribution < -0.4 is 4.90 Å². The van der Waals surface area contributed by atoms with Gasteiger partial charge in [0.2, 0.25) is 36.7 Å². The van der Waals surface area contributed by atoms with E-state index in [1.807, 2.05) is 11.4 Å². The number of sulfone groups is 1. The summed E-state index contributed by atoms with van der Waals surface area (Å²) in [5.74, 6) is 0.261. The Morgan fingerprint density at radius 3 is 2.27 bits per heavy atom. The maximum atomic E-state index is 13.6. The number of sulfonamides is 1. The summed E-state index contributed by atoms with van der Waals surface area (Å²) >= 11 is 13.5. The molecule has 0 N–H and O–H groups in total. The molecule has 0 saturated carbocycles. The lowest BCUT2D eigenvalue weighted by atomic mass is 10.2. The SMILES string of the molecule is Cc1c(Cl)cccc1S(=O)(=O)N1CCN(c2oc(-c3cccs3)nc2S(=O)(=O)c2ccc(Cl)cc2)CC1. The highest BCUT2D eigenvalue weighted by molar-refractivity contribution is 7.91. The van der Waals surface area contributed by atoms with Gasteiger partial charge in [-0.2, -0.15) is 9.29 Å². The highest BCUT2D eigenvalue weighted by atomic mass is 35.5. The molecule has 0 spiro atoms. The maximum absolute atomic E-state index is 13.6. The van der Waals surface area contributed by atoms with Crippen LogP contribution in [0.3, 0.4) is 0 Å². The summed E-state index contributed by atoms with van der Waals surface area (Å²) in [5.41, 5.74) is 0.485. The molecule has 13 heteroatoms. The highest BCUT2D eigenvalue weighted by Crippen LogP contribution is 2.37. The van der Waals surface area contributed by atoms with Gasteiger partial charge in [0.15, 0.2) is 0 Å². The molecular weight excluding hydrogens is 577 g/mol. The number of benzene rings is 2. The number of hydrogen-bond donors (Lipinski definition) is 0. The number of hydrogen-bond acceptors (Lipinski definition) is 8. The highest BCUT2D eigenvalue weighted by Gasteiger charge is 2.36. The van der Waals surface area contributed by atoms with Crippen LogP contribution in [0.2, 0.25) is 10.0 Å². The lowest BCUT2D eigenvalue weighted by Gasteiger charge is -2.34. The Hall–Kier alpha value is -2.41. The average molecular weight is 599 g/mol. The van der Waals surface area contributed by atoms with E-state index in [9.17, 15) is 16.8 Å². The molecule has 3 heterocycles. The Morgan fingerprint density at radius 1 is 0.919 bits per heavy atom. The number of rotatable bonds is 6. The summed E-state index contributed by atoms with van der Waals surface area (Å²) in [7, 11) is -7.84. The standard InChI is InChI=1S/C24H21Cl2N3O5S3/c1-16-19(26)4-2-6-21(16)37(32,33)29-13-11-28(12-14-29)24-23(27-22(34-24)20-5-3-15-35-20)36(30,31)18-9-7-17(25)8-10-18/h2-10,15H,11-14H2,1H3. The van der Waals surface area contributed by atoms with Crippen LogP contribution in [0.15, 0.2) is 79.2 Å². The predicted molar refractivity (Wildman–Crippen MR) is 144 cm³/mol. The van der Waals surface area contributed by atoms with Crippen LogP contribution in [-0.4, -0.2) is 52.3 Å². The van der Waals surface area contributed by atoms with Crippen LogP contribution in [0.5, 0.6) is 0 Å². The Balaban J connectivity index is 1.47. The molecule has 0 unspecified atom stereocenters. The van der Waals surface area contributed by atoms with Gasteiger partial charge in [-0.1, -0.05) is 35.3 Å². The minimum atomic E-state index is -4.05. The predicted octanol–water partition coefficient (Wildman–Crippen LogP) is 5.36. The first-order chi connectivity index (χ1) is 17.6. The van der Waals surface area contributed by atoms with Gasteiger partial charge in [0.1, 0.15) is 0 Å². The molecule has 1 fully saturated rings.